The molecule has 0 atom stereocenters. The van der Waals surface area contributed by atoms with Crippen LogP contribution in [0.2, 0.25) is 0 Å². The van der Waals surface area contributed by atoms with Crippen molar-refractivity contribution in [3.05, 3.63) is 29.6 Å². The van der Waals surface area contributed by atoms with Crippen LogP contribution in [-0.2, 0) is 19.4 Å². The van der Waals surface area contributed by atoms with E-state index in [1.54, 1.807) is 6.33 Å². The predicted octanol–water partition coefficient (Wildman–Crippen LogP) is 1.68. The maximum Gasteiger partial charge on any atom is 0.191 e. The van der Waals surface area contributed by atoms with Crippen molar-refractivity contribution < 1.29 is 0 Å². The van der Waals surface area contributed by atoms with E-state index in [0.717, 1.165) is 62.9 Å². The molecule has 2 aromatic rings. The van der Waals surface area contributed by atoms with Gasteiger partial charge in [0.2, 0.25) is 0 Å². The Morgan fingerprint density at radius 1 is 1.32 bits per heavy atom. The average molecular weight is 460 g/mol. The van der Waals surface area contributed by atoms with Crippen LogP contribution in [0.4, 0.5) is 0 Å². The van der Waals surface area contributed by atoms with Crippen molar-refractivity contribution in [2.75, 3.05) is 19.6 Å². The van der Waals surface area contributed by atoms with Crippen molar-refractivity contribution in [1.29, 1.82) is 0 Å². The minimum absolute atomic E-state index is 0. The van der Waals surface area contributed by atoms with E-state index < -0.39 is 0 Å². The van der Waals surface area contributed by atoms with Gasteiger partial charge in [-0.1, -0.05) is 6.92 Å². The molecule has 3 N–H and O–H groups in total. The molecule has 0 spiro atoms. The molecular weight excluding hydrogens is 431 g/mol. The number of nitrogens with one attached hydrogen (secondary N) is 3. The Balaban J connectivity index is 0.00000312. The molecule has 2 heterocycles. The average Bonchev–Trinajstić information content (AvgIpc) is 3.20. The van der Waals surface area contributed by atoms with Crippen LogP contribution >= 0.6 is 24.0 Å². The number of guanidine groups is 1. The van der Waals surface area contributed by atoms with Gasteiger partial charge in [0.15, 0.2) is 5.96 Å². The van der Waals surface area contributed by atoms with Crippen molar-refractivity contribution in [1.82, 2.24) is 35.6 Å². The first-order valence-corrected chi connectivity index (χ1v) is 8.62. The molecule has 0 radical (unpaired) electrons. The highest BCUT2D eigenvalue weighted by atomic mass is 127. The van der Waals surface area contributed by atoms with Gasteiger partial charge in [-0.25, -0.2) is 0 Å². The third-order valence-electron chi connectivity index (χ3n) is 3.81. The number of hydrogen-bond acceptors (Lipinski definition) is 4. The van der Waals surface area contributed by atoms with Crippen molar-refractivity contribution >= 4 is 29.9 Å². The summed E-state index contributed by atoms with van der Waals surface area (Å²) in [6.07, 6.45) is 6.56. The molecule has 0 bridgehead atoms. The maximum absolute atomic E-state index is 4.63. The number of aromatic amines is 1. The number of nitrogens with zero attached hydrogens (tertiary/aromatic N) is 5. The second-order valence-corrected chi connectivity index (χ2v) is 5.61. The summed E-state index contributed by atoms with van der Waals surface area (Å²) in [4.78, 5) is 4.63. The summed E-state index contributed by atoms with van der Waals surface area (Å²) in [5.41, 5.74) is 2.41. The third-order valence-corrected chi connectivity index (χ3v) is 3.81. The molecule has 0 fully saturated rings. The van der Waals surface area contributed by atoms with Gasteiger partial charge in [-0.15, -0.1) is 34.2 Å². The van der Waals surface area contributed by atoms with Gasteiger partial charge >= 0.3 is 0 Å². The van der Waals surface area contributed by atoms with E-state index in [0.29, 0.717) is 0 Å². The SMILES string of the molecule is CCNC(=NCCCc1cn[nH]c1C)NCCn1cnnc1CC.I. The summed E-state index contributed by atoms with van der Waals surface area (Å²) in [6, 6.07) is 0. The van der Waals surface area contributed by atoms with E-state index in [-0.39, 0.29) is 24.0 Å². The zero-order chi connectivity index (χ0) is 17.2. The Morgan fingerprint density at radius 3 is 2.84 bits per heavy atom. The van der Waals surface area contributed by atoms with Gasteiger partial charge in [-0.05, 0) is 32.3 Å². The molecule has 0 aliphatic rings. The van der Waals surface area contributed by atoms with Crippen LogP contribution in [0.3, 0.4) is 0 Å². The molecule has 140 valence electrons. The summed E-state index contributed by atoms with van der Waals surface area (Å²) >= 11 is 0. The van der Waals surface area contributed by atoms with Crippen molar-refractivity contribution in [3.63, 3.8) is 0 Å². The summed E-state index contributed by atoms with van der Waals surface area (Å²) in [7, 11) is 0. The van der Waals surface area contributed by atoms with E-state index in [1.165, 1.54) is 5.56 Å². The summed E-state index contributed by atoms with van der Waals surface area (Å²) < 4.78 is 2.07. The molecule has 0 saturated carbocycles. The first-order valence-electron chi connectivity index (χ1n) is 8.62. The second-order valence-electron chi connectivity index (χ2n) is 5.61. The fraction of sp³-hybridized carbons (Fsp3) is 0.625. The number of H-pyrrole nitrogens is 1. The number of hydrogen-bond donors (Lipinski definition) is 3. The molecule has 9 heteroatoms. The third kappa shape index (κ3) is 7.00. The van der Waals surface area contributed by atoms with E-state index in [9.17, 15) is 0 Å². The fourth-order valence-corrected chi connectivity index (χ4v) is 2.46. The lowest BCUT2D eigenvalue weighted by Gasteiger charge is -2.12. The van der Waals surface area contributed by atoms with Gasteiger partial charge in [-0.3, -0.25) is 10.1 Å². The van der Waals surface area contributed by atoms with Crippen molar-refractivity contribution in [3.8, 4) is 0 Å². The zero-order valence-corrected chi connectivity index (χ0v) is 17.6. The zero-order valence-electron chi connectivity index (χ0n) is 15.2. The molecule has 0 saturated heterocycles. The van der Waals surface area contributed by atoms with Crippen LogP contribution in [0, 0.1) is 6.92 Å². The van der Waals surface area contributed by atoms with Crippen molar-refractivity contribution in [2.45, 2.75) is 46.6 Å². The minimum Gasteiger partial charge on any atom is -0.357 e. The highest BCUT2D eigenvalue weighted by Crippen LogP contribution is 2.05. The Kier molecular flexibility index (Phi) is 10.1. The van der Waals surface area contributed by atoms with E-state index in [4.69, 9.17) is 0 Å². The monoisotopic (exact) mass is 460 g/mol. The molecule has 8 nitrogen and oxygen atoms in total. The topological polar surface area (TPSA) is 95.8 Å². The number of aromatic nitrogens is 5. The molecule has 0 aliphatic carbocycles. The van der Waals surface area contributed by atoms with Crippen LogP contribution in [-0.4, -0.2) is 50.6 Å². The van der Waals surface area contributed by atoms with Gasteiger partial charge in [0.25, 0.3) is 0 Å². The Bertz CT molecular complexity index is 634. The van der Waals surface area contributed by atoms with Crippen LogP contribution in [0.1, 0.15) is 37.4 Å². The summed E-state index contributed by atoms with van der Waals surface area (Å²) in [5.74, 6) is 1.86. The fourth-order valence-electron chi connectivity index (χ4n) is 2.46. The highest BCUT2D eigenvalue weighted by molar-refractivity contribution is 14.0. The van der Waals surface area contributed by atoms with E-state index in [2.05, 4.69) is 54.4 Å². The number of halogens is 1. The Hall–Kier alpha value is -1.65. The molecule has 0 aromatic carbocycles. The molecule has 25 heavy (non-hydrogen) atoms. The quantitative estimate of drug-likeness (QED) is 0.229. The van der Waals surface area contributed by atoms with Gasteiger partial charge in [0.1, 0.15) is 12.2 Å². The highest BCUT2D eigenvalue weighted by Gasteiger charge is 2.03. The molecule has 2 aromatic heterocycles. The largest absolute Gasteiger partial charge is 0.357 e. The molecule has 0 unspecified atom stereocenters. The first kappa shape index (κ1) is 21.4. The standard InChI is InChI=1S/C16H28N8.HI/c1-4-15-23-21-12-24(15)10-9-19-16(17-5-2)18-8-6-7-14-11-20-22-13(14)3;/h11-12H,4-10H2,1-3H3,(H,20,22)(H2,17,18,19);1H. The van der Waals surface area contributed by atoms with Crippen LogP contribution in [0.5, 0.6) is 0 Å². The normalized spacial score (nSPS) is 11.2. The van der Waals surface area contributed by atoms with E-state index >= 15 is 0 Å². The number of rotatable bonds is 9. The lowest BCUT2D eigenvalue weighted by Crippen LogP contribution is -2.39. The lowest BCUT2D eigenvalue weighted by atomic mass is 10.1. The van der Waals surface area contributed by atoms with Gasteiger partial charge in [0, 0.05) is 38.3 Å². The van der Waals surface area contributed by atoms with Gasteiger partial charge < -0.3 is 15.2 Å². The molecule has 0 aliphatic heterocycles. The Labute approximate surface area is 166 Å². The molecule has 2 rings (SSSR count). The number of aryl methyl sites for hydroxylation is 3. The van der Waals surface area contributed by atoms with Gasteiger partial charge in [-0.2, -0.15) is 5.10 Å². The number of aliphatic imine (C=N–C) groups is 1. The Morgan fingerprint density at radius 2 is 2.16 bits per heavy atom. The lowest BCUT2D eigenvalue weighted by molar-refractivity contribution is 0.632. The van der Waals surface area contributed by atoms with Crippen LogP contribution in [0.15, 0.2) is 17.5 Å². The molecule has 0 amide bonds. The van der Waals surface area contributed by atoms with Crippen LogP contribution < -0.4 is 10.6 Å². The van der Waals surface area contributed by atoms with E-state index in [1.807, 2.05) is 13.1 Å². The molecular formula is C16H29IN8. The van der Waals surface area contributed by atoms with Crippen molar-refractivity contribution in [2.24, 2.45) is 4.99 Å². The minimum atomic E-state index is 0. The van der Waals surface area contributed by atoms with Gasteiger partial charge in [0.05, 0.1) is 6.20 Å². The first-order chi connectivity index (χ1) is 11.7. The predicted molar refractivity (Wildman–Crippen MR) is 110 cm³/mol. The summed E-state index contributed by atoms with van der Waals surface area (Å²) in [6.45, 7) is 9.45. The smallest absolute Gasteiger partial charge is 0.191 e. The summed E-state index contributed by atoms with van der Waals surface area (Å²) in [5, 5.41) is 21.7. The van der Waals surface area contributed by atoms with Crippen LogP contribution in [0.25, 0.3) is 0 Å². The maximum atomic E-state index is 4.63. The second kappa shape index (κ2) is 11.8.